The first-order valence-corrected chi connectivity index (χ1v) is 8.42. The van der Waals surface area contributed by atoms with Gasteiger partial charge >= 0.3 is 0 Å². The molecule has 104 valence electrons. The van der Waals surface area contributed by atoms with Crippen molar-refractivity contribution in [2.24, 2.45) is 0 Å². The number of aromatic nitrogens is 2. The topological polar surface area (TPSA) is 52.0 Å². The van der Waals surface area contributed by atoms with Gasteiger partial charge in [0.15, 0.2) is 0 Å². The van der Waals surface area contributed by atoms with Gasteiger partial charge in [-0.05, 0) is 13.3 Å². The molecule has 0 spiro atoms. The minimum atomic E-state index is -3.91. The fourth-order valence-electron chi connectivity index (χ4n) is 1.57. The molecule has 0 fully saturated rings. The average molecular weight is 313 g/mol. The first-order valence-electron chi connectivity index (χ1n) is 5.73. The van der Waals surface area contributed by atoms with Gasteiger partial charge in [-0.15, -0.1) is 0 Å². The van der Waals surface area contributed by atoms with Crippen LogP contribution in [0.4, 0.5) is 0 Å². The molecular weight excluding hydrogens is 295 g/mol. The predicted octanol–water partition coefficient (Wildman–Crippen LogP) is 3.73. The summed E-state index contributed by atoms with van der Waals surface area (Å²) >= 11 is 6.13. The van der Waals surface area contributed by atoms with Crippen molar-refractivity contribution in [2.75, 3.05) is 0 Å². The van der Waals surface area contributed by atoms with Crippen LogP contribution in [0, 0.1) is 0 Å². The molecule has 1 aromatic rings. The number of halogens is 2. The summed E-state index contributed by atoms with van der Waals surface area (Å²) in [5, 5.41) is 4.43. The molecule has 7 heteroatoms. The van der Waals surface area contributed by atoms with Crippen LogP contribution in [0.3, 0.4) is 0 Å². The third-order valence-corrected chi connectivity index (χ3v) is 4.59. The van der Waals surface area contributed by atoms with Crippen molar-refractivity contribution in [3.8, 4) is 0 Å². The second-order valence-electron chi connectivity index (χ2n) is 5.36. The van der Waals surface area contributed by atoms with Crippen LogP contribution in [0.5, 0.6) is 0 Å². The van der Waals surface area contributed by atoms with Crippen LogP contribution in [0.1, 0.15) is 52.8 Å². The summed E-state index contributed by atoms with van der Waals surface area (Å²) in [6, 6.07) is 0.0192. The highest BCUT2D eigenvalue weighted by atomic mass is 35.7. The molecule has 0 N–H and O–H groups in total. The van der Waals surface area contributed by atoms with E-state index in [1.165, 1.54) is 4.68 Å². The predicted molar refractivity (Wildman–Crippen MR) is 74.0 cm³/mol. The zero-order valence-corrected chi connectivity index (χ0v) is 13.5. The van der Waals surface area contributed by atoms with Crippen LogP contribution >= 0.6 is 22.3 Å². The molecule has 0 bridgehead atoms. The smallest absolute Gasteiger partial charge is 0.250 e. The van der Waals surface area contributed by atoms with E-state index in [-0.39, 0.29) is 16.1 Å². The molecule has 0 amide bonds. The lowest BCUT2D eigenvalue weighted by molar-refractivity contribution is 0.458. The van der Waals surface area contributed by atoms with Gasteiger partial charge in [0.05, 0.1) is 11.7 Å². The Kier molecular flexibility index (Phi) is 4.41. The van der Waals surface area contributed by atoms with Gasteiger partial charge in [-0.3, -0.25) is 0 Å². The molecular formula is C11H18Cl2N2O2S. The van der Waals surface area contributed by atoms with Crippen molar-refractivity contribution < 1.29 is 8.42 Å². The summed E-state index contributed by atoms with van der Waals surface area (Å²) in [5.74, 6) is 0. The van der Waals surface area contributed by atoms with Gasteiger partial charge in [0.1, 0.15) is 10.0 Å². The summed E-state index contributed by atoms with van der Waals surface area (Å²) in [4.78, 5) is -0.0707. The van der Waals surface area contributed by atoms with Crippen molar-refractivity contribution in [3.05, 3.63) is 10.8 Å². The Balaban J connectivity index is 3.63. The zero-order chi connectivity index (χ0) is 14.3. The number of rotatable bonds is 3. The summed E-state index contributed by atoms with van der Waals surface area (Å²) in [7, 11) is 1.56. The second kappa shape index (κ2) is 5.02. The highest BCUT2D eigenvalue weighted by molar-refractivity contribution is 8.13. The van der Waals surface area contributed by atoms with Crippen molar-refractivity contribution in [1.29, 1.82) is 0 Å². The van der Waals surface area contributed by atoms with Gasteiger partial charge in [-0.2, -0.15) is 5.10 Å². The fourth-order valence-corrected chi connectivity index (χ4v) is 3.60. The zero-order valence-electron chi connectivity index (χ0n) is 11.2. The van der Waals surface area contributed by atoms with E-state index in [4.69, 9.17) is 22.3 Å². The Bertz CT molecular complexity index is 544. The van der Waals surface area contributed by atoms with Crippen molar-refractivity contribution >= 4 is 31.3 Å². The van der Waals surface area contributed by atoms with Crippen LogP contribution in [0.15, 0.2) is 4.90 Å². The first kappa shape index (κ1) is 15.8. The maximum atomic E-state index is 11.7. The van der Waals surface area contributed by atoms with Crippen LogP contribution < -0.4 is 0 Å². The van der Waals surface area contributed by atoms with Gasteiger partial charge in [0.2, 0.25) is 0 Å². The molecule has 0 saturated heterocycles. The average Bonchev–Trinajstić information content (AvgIpc) is 2.53. The van der Waals surface area contributed by atoms with Gasteiger partial charge in [0, 0.05) is 16.1 Å². The lowest BCUT2D eigenvalue weighted by Crippen LogP contribution is -2.16. The van der Waals surface area contributed by atoms with E-state index >= 15 is 0 Å². The van der Waals surface area contributed by atoms with Gasteiger partial charge in [-0.1, -0.05) is 39.3 Å². The van der Waals surface area contributed by atoms with Crippen molar-refractivity contribution in [1.82, 2.24) is 9.78 Å². The normalized spacial score (nSPS) is 14.8. The molecule has 0 radical (unpaired) electrons. The summed E-state index contributed by atoms with van der Waals surface area (Å²) in [6.07, 6.45) is 0.798. The molecule has 1 rings (SSSR count). The third-order valence-electron chi connectivity index (χ3n) is 2.77. The van der Waals surface area contributed by atoms with E-state index < -0.39 is 14.5 Å². The van der Waals surface area contributed by atoms with Gasteiger partial charge in [-0.25, -0.2) is 13.1 Å². The van der Waals surface area contributed by atoms with Crippen LogP contribution in [0.2, 0.25) is 5.15 Å². The lowest BCUT2D eigenvalue weighted by Gasteiger charge is -2.16. The highest BCUT2D eigenvalue weighted by Crippen LogP contribution is 2.36. The molecule has 1 aromatic heterocycles. The van der Waals surface area contributed by atoms with Crippen LogP contribution in [0.25, 0.3) is 0 Å². The molecule has 0 aliphatic carbocycles. The molecule has 1 atom stereocenters. The Morgan fingerprint density at radius 1 is 1.39 bits per heavy atom. The third kappa shape index (κ3) is 3.00. The number of nitrogens with zero attached hydrogens (tertiary/aromatic N) is 2. The molecule has 1 heterocycles. The Morgan fingerprint density at radius 2 is 1.89 bits per heavy atom. The molecule has 18 heavy (non-hydrogen) atoms. The van der Waals surface area contributed by atoms with Crippen molar-refractivity contribution in [3.63, 3.8) is 0 Å². The molecule has 0 aliphatic rings. The fraction of sp³-hybridized carbons (Fsp3) is 0.727. The highest BCUT2D eigenvalue weighted by Gasteiger charge is 2.33. The summed E-state index contributed by atoms with van der Waals surface area (Å²) in [6.45, 7) is 9.53. The standard InChI is InChI=1S/C11H18Cl2N2O2S/c1-6-7(2)15-10(12)8(18(13,16)17)9(14-15)11(3,4)5/h7H,6H2,1-5H3. The van der Waals surface area contributed by atoms with Gasteiger partial charge < -0.3 is 0 Å². The van der Waals surface area contributed by atoms with E-state index in [1.807, 2.05) is 34.6 Å². The maximum absolute atomic E-state index is 11.7. The largest absolute Gasteiger partial charge is 0.266 e. The minimum absolute atomic E-state index is 0.0192. The van der Waals surface area contributed by atoms with E-state index in [2.05, 4.69) is 5.10 Å². The number of hydrogen-bond donors (Lipinski definition) is 0. The van der Waals surface area contributed by atoms with E-state index in [9.17, 15) is 8.42 Å². The monoisotopic (exact) mass is 312 g/mol. The second-order valence-corrected chi connectivity index (χ2v) is 8.22. The van der Waals surface area contributed by atoms with Crippen molar-refractivity contribution in [2.45, 2.75) is 57.4 Å². The molecule has 0 aliphatic heterocycles. The van der Waals surface area contributed by atoms with E-state index in [0.29, 0.717) is 5.69 Å². The Morgan fingerprint density at radius 3 is 2.17 bits per heavy atom. The lowest BCUT2D eigenvalue weighted by atomic mass is 9.92. The molecule has 1 unspecified atom stereocenters. The van der Waals surface area contributed by atoms with Gasteiger partial charge in [0.25, 0.3) is 9.05 Å². The Labute approximate surface area is 118 Å². The van der Waals surface area contributed by atoms with E-state index in [1.54, 1.807) is 0 Å². The summed E-state index contributed by atoms with van der Waals surface area (Å²) < 4.78 is 24.9. The molecule has 4 nitrogen and oxygen atoms in total. The number of hydrogen-bond acceptors (Lipinski definition) is 3. The minimum Gasteiger partial charge on any atom is -0.250 e. The first-order chi connectivity index (χ1) is 8.00. The van der Waals surface area contributed by atoms with Crippen LogP contribution in [-0.2, 0) is 14.5 Å². The van der Waals surface area contributed by atoms with Crippen LogP contribution in [-0.4, -0.2) is 18.2 Å². The summed E-state index contributed by atoms with van der Waals surface area (Å²) in [5.41, 5.74) is -0.0394. The Hall–Kier alpha value is -0.260. The molecule has 0 saturated carbocycles. The SMILES string of the molecule is CCC(C)n1nc(C(C)(C)C)c(S(=O)(=O)Cl)c1Cl. The maximum Gasteiger partial charge on any atom is 0.266 e. The quantitative estimate of drug-likeness (QED) is 0.799. The van der Waals surface area contributed by atoms with E-state index in [0.717, 1.165) is 6.42 Å². The molecule has 0 aromatic carbocycles.